The summed E-state index contributed by atoms with van der Waals surface area (Å²) >= 11 is 0. The molecule has 3 aromatic rings. The van der Waals surface area contributed by atoms with Crippen molar-refractivity contribution in [3.8, 4) is 0 Å². The van der Waals surface area contributed by atoms with Crippen LogP contribution in [0.1, 0.15) is 12.7 Å². The summed E-state index contributed by atoms with van der Waals surface area (Å²) in [5, 5.41) is 3.49. The molecule has 0 spiro atoms. The molecule has 33 heavy (non-hydrogen) atoms. The fourth-order valence-electron chi connectivity index (χ4n) is 4.38. The standard InChI is InChI=1S/C24H23FN4O4/c1-24(20-14-16-6-2-5-9-19(16)33-20)22(31)29(23(32)26-24)15-21(30)28-12-10-27(11-13-28)18-8-4-3-7-17(18)25/h2-9,14H,10-13,15H2,1H3,(H,26,32). The predicted molar refractivity (Wildman–Crippen MR) is 119 cm³/mol. The van der Waals surface area contributed by atoms with Crippen molar-refractivity contribution in [2.45, 2.75) is 12.5 Å². The lowest BCUT2D eigenvalue weighted by Gasteiger charge is -2.36. The van der Waals surface area contributed by atoms with Crippen molar-refractivity contribution < 1.29 is 23.2 Å². The average Bonchev–Trinajstić information content (AvgIpc) is 3.35. The van der Waals surface area contributed by atoms with Crippen LogP contribution in [0.3, 0.4) is 0 Å². The zero-order chi connectivity index (χ0) is 23.2. The molecule has 2 aliphatic rings. The van der Waals surface area contributed by atoms with Gasteiger partial charge in [0.25, 0.3) is 5.91 Å². The number of hydrogen-bond acceptors (Lipinski definition) is 5. The van der Waals surface area contributed by atoms with E-state index in [1.165, 1.54) is 6.07 Å². The maximum absolute atomic E-state index is 14.0. The van der Waals surface area contributed by atoms with Crippen molar-refractivity contribution >= 4 is 34.5 Å². The molecule has 0 saturated carbocycles. The Morgan fingerprint density at radius 1 is 1.06 bits per heavy atom. The normalized spacial score (nSPS) is 21.1. The first-order chi connectivity index (χ1) is 15.9. The van der Waals surface area contributed by atoms with Crippen LogP contribution >= 0.6 is 0 Å². The zero-order valence-corrected chi connectivity index (χ0v) is 18.1. The maximum Gasteiger partial charge on any atom is 0.325 e. The van der Waals surface area contributed by atoms with E-state index in [2.05, 4.69) is 5.32 Å². The second-order valence-corrected chi connectivity index (χ2v) is 8.41. The molecule has 8 nitrogen and oxygen atoms in total. The van der Waals surface area contributed by atoms with Crippen LogP contribution in [0.15, 0.2) is 59.0 Å². The van der Waals surface area contributed by atoms with Gasteiger partial charge in [-0.3, -0.25) is 14.5 Å². The first-order valence-electron chi connectivity index (χ1n) is 10.8. The number of para-hydroxylation sites is 2. The Kier molecular flexibility index (Phi) is 5.03. The number of amides is 4. The Hall–Kier alpha value is -3.88. The number of urea groups is 1. The fraction of sp³-hybridized carbons (Fsp3) is 0.292. The summed E-state index contributed by atoms with van der Waals surface area (Å²) in [5.41, 5.74) is -0.279. The topological polar surface area (TPSA) is 86.1 Å². The second kappa shape index (κ2) is 7.91. The quantitative estimate of drug-likeness (QED) is 0.618. The highest BCUT2D eigenvalue weighted by Crippen LogP contribution is 2.33. The molecular weight excluding hydrogens is 427 g/mol. The number of carbonyl (C=O) groups is 3. The molecule has 170 valence electrons. The van der Waals surface area contributed by atoms with E-state index in [9.17, 15) is 18.8 Å². The van der Waals surface area contributed by atoms with Gasteiger partial charge in [0.2, 0.25) is 5.91 Å². The smallest absolute Gasteiger partial charge is 0.325 e. The molecule has 5 rings (SSSR count). The predicted octanol–water partition coefficient (Wildman–Crippen LogP) is 2.69. The van der Waals surface area contributed by atoms with Gasteiger partial charge >= 0.3 is 6.03 Å². The summed E-state index contributed by atoms with van der Waals surface area (Å²) in [6.07, 6.45) is 0. The lowest BCUT2D eigenvalue weighted by Crippen LogP contribution is -2.52. The molecule has 1 N–H and O–H groups in total. The van der Waals surface area contributed by atoms with Crippen LogP contribution in [-0.2, 0) is 15.1 Å². The van der Waals surface area contributed by atoms with Crippen molar-refractivity contribution in [1.82, 2.24) is 15.1 Å². The summed E-state index contributed by atoms with van der Waals surface area (Å²) < 4.78 is 19.9. The van der Waals surface area contributed by atoms with E-state index in [0.29, 0.717) is 43.2 Å². The van der Waals surface area contributed by atoms with Crippen molar-refractivity contribution in [2.24, 2.45) is 0 Å². The third-order valence-electron chi connectivity index (χ3n) is 6.31. The van der Waals surface area contributed by atoms with Gasteiger partial charge in [0.1, 0.15) is 23.7 Å². The van der Waals surface area contributed by atoms with Crippen molar-refractivity contribution in [1.29, 1.82) is 0 Å². The number of rotatable bonds is 4. The molecule has 9 heteroatoms. The SMILES string of the molecule is CC1(c2cc3ccccc3o2)NC(=O)N(CC(=O)N2CCN(c3ccccc3F)CC2)C1=O. The first-order valence-corrected chi connectivity index (χ1v) is 10.8. The summed E-state index contributed by atoms with van der Waals surface area (Å²) in [6.45, 7) is 2.88. The van der Waals surface area contributed by atoms with E-state index >= 15 is 0 Å². The van der Waals surface area contributed by atoms with Gasteiger partial charge in [0, 0.05) is 31.6 Å². The molecule has 3 heterocycles. The molecule has 1 unspecified atom stereocenters. The van der Waals surface area contributed by atoms with Gasteiger partial charge < -0.3 is 19.5 Å². The number of furan rings is 1. The number of anilines is 1. The third kappa shape index (κ3) is 3.59. The third-order valence-corrected chi connectivity index (χ3v) is 6.31. The summed E-state index contributed by atoms with van der Waals surface area (Å²) in [5.74, 6) is -0.859. The van der Waals surface area contributed by atoms with Gasteiger partial charge in [0.05, 0.1) is 5.69 Å². The van der Waals surface area contributed by atoms with E-state index in [4.69, 9.17) is 4.42 Å². The monoisotopic (exact) mass is 450 g/mol. The van der Waals surface area contributed by atoms with E-state index in [-0.39, 0.29) is 18.3 Å². The van der Waals surface area contributed by atoms with Crippen LogP contribution in [0.5, 0.6) is 0 Å². The van der Waals surface area contributed by atoms with Crippen molar-refractivity contribution in [2.75, 3.05) is 37.6 Å². The summed E-state index contributed by atoms with van der Waals surface area (Å²) in [4.78, 5) is 43.1. The minimum Gasteiger partial charge on any atom is -0.458 e. The number of nitrogens with one attached hydrogen (secondary N) is 1. The van der Waals surface area contributed by atoms with Gasteiger partial charge in [-0.25, -0.2) is 9.18 Å². The molecule has 0 radical (unpaired) electrons. The van der Waals surface area contributed by atoms with Crippen LogP contribution in [0.25, 0.3) is 11.0 Å². The zero-order valence-electron chi connectivity index (χ0n) is 18.1. The van der Waals surface area contributed by atoms with Crippen LogP contribution in [0.4, 0.5) is 14.9 Å². The molecule has 2 fully saturated rings. The molecule has 1 atom stereocenters. The number of benzene rings is 2. The van der Waals surface area contributed by atoms with Gasteiger partial charge in [-0.1, -0.05) is 30.3 Å². The van der Waals surface area contributed by atoms with Crippen LogP contribution in [-0.4, -0.2) is 60.4 Å². The highest BCUT2D eigenvalue weighted by molar-refractivity contribution is 6.09. The Bertz CT molecular complexity index is 1220. The number of piperazine rings is 1. The molecular formula is C24H23FN4O4. The van der Waals surface area contributed by atoms with Crippen LogP contribution in [0, 0.1) is 5.82 Å². The Morgan fingerprint density at radius 3 is 2.48 bits per heavy atom. The highest BCUT2D eigenvalue weighted by atomic mass is 19.1. The van der Waals surface area contributed by atoms with Gasteiger partial charge in [-0.15, -0.1) is 0 Å². The van der Waals surface area contributed by atoms with E-state index in [1.54, 1.807) is 42.2 Å². The summed E-state index contributed by atoms with van der Waals surface area (Å²) in [6, 6.07) is 14.9. The van der Waals surface area contributed by atoms with E-state index in [1.807, 2.05) is 23.1 Å². The maximum atomic E-state index is 14.0. The lowest BCUT2D eigenvalue weighted by atomic mass is 9.99. The Morgan fingerprint density at radius 2 is 1.76 bits per heavy atom. The van der Waals surface area contributed by atoms with Gasteiger partial charge in [-0.2, -0.15) is 0 Å². The van der Waals surface area contributed by atoms with Crippen molar-refractivity contribution in [3.05, 3.63) is 66.2 Å². The number of nitrogens with zero attached hydrogens (tertiary/aromatic N) is 3. The lowest BCUT2D eigenvalue weighted by molar-refractivity contribution is -0.139. The van der Waals surface area contributed by atoms with Gasteiger partial charge in [0.15, 0.2) is 5.54 Å². The van der Waals surface area contributed by atoms with E-state index < -0.39 is 17.5 Å². The fourth-order valence-corrected chi connectivity index (χ4v) is 4.38. The molecule has 2 aliphatic heterocycles. The van der Waals surface area contributed by atoms with Gasteiger partial charge in [-0.05, 0) is 31.2 Å². The number of imide groups is 1. The summed E-state index contributed by atoms with van der Waals surface area (Å²) in [7, 11) is 0. The molecule has 2 saturated heterocycles. The number of hydrogen-bond donors (Lipinski definition) is 1. The number of fused-ring (bicyclic) bond motifs is 1. The average molecular weight is 450 g/mol. The minimum atomic E-state index is -1.39. The van der Waals surface area contributed by atoms with Crippen LogP contribution < -0.4 is 10.2 Å². The Balaban J connectivity index is 1.26. The number of carbonyl (C=O) groups excluding carboxylic acids is 3. The molecule has 2 aromatic carbocycles. The molecule has 0 aliphatic carbocycles. The number of halogens is 1. The largest absolute Gasteiger partial charge is 0.458 e. The first kappa shape index (κ1) is 21.0. The highest BCUT2D eigenvalue weighted by Gasteiger charge is 2.52. The Labute approximate surface area is 189 Å². The second-order valence-electron chi connectivity index (χ2n) is 8.41. The molecule has 1 aromatic heterocycles. The molecule has 4 amide bonds. The van der Waals surface area contributed by atoms with Crippen molar-refractivity contribution in [3.63, 3.8) is 0 Å². The minimum absolute atomic E-state index is 0.304. The molecule has 0 bridgehead atoms. The van der Waals surface area contributed by atoms with E-state index in [0.717, 1.165) is 10.3 Å². The van der Waals surface area contributed by atoms with Crippen LogP contribution in [0.2, 0.25) is 0 Å².